The zero-order chi connectivity index (χ0) is 5.15. The average Bonchev–Trinajstić information content (AvgIpc) is 1.36. The third-order valence-corrected chi connectivity index (χ3v) is 0.183. The first-order chi connectivity index (χ1) is 2.64. The molecule has 0 saturated heterocycles. The van der Waals surface area contributed by atoms with Gasteiger partial charge in [-0.2, -0.15) is 0 Å². The molecular weight excluding hydrogens is 193 g/mol. The van der Waals surface area contributed by atoms with Crippen molar-refractivity contribution < 1.29 is 39.3 Å². The van der Waals surface area contributed by atoms with Gasteiger partial charge < -0.3 is 10.2 Å². The molecule has 0 unspecified atom stereocenters. The van der Waals surface area contributed by atoms with E-state index in [1.807, 2.05) is 0 Å². The van der Waals surface area contributed by atoms with Crippen LogP contribution in [0.15, 0.2) is 0 Å². The minimum atomic E-state index is -1.82. The van der Waals surface area contributed by atoms with Crippen LogP contribution in [0.25, 0.3) is 0 Å². The van der Waals surface area contributed by atoms with Crippen LogP contribution < -0.4 is 0 Å². The first-order valence-corrected chi connectivity index (χ1v) is 1.11. The predicted octanol–water partition coefficient (Wildman–Crippen LogP) is -1.76. The topological polar surface area (TPSA) is 74.6 Å². The van der Waals surface area contributed by atoms with Crippen LogP contribution in [0.2, 0.25) is 0 Å². The predicted molar refractivity (Wildman–Crippen MR) is 23.8 cm³/mol. The van der Waals surface area contributed by atoms with Crippen LogP contribution >= 0.6 is 0 Å². The van der Waals surface area contributed by atoms with Crippen LogP contribution in [0.4, 0.5) is 0 Å². The normalized spacial score (nSPS) is 5.50. The van der Waals surface area contributed by atoms with Crippen molar-refractivity contribution in [2.45, 2.75) is 0 Å². The van der Waals surface area contributed by atoms with Crippen LogP contribution in [-0.4, -0.2) is 59.9 Å². The van der Waals surface area contributed by atoms with E-state index >= 15 is 0 Å². The Labute approximate surface area is 88.0 Å². The largest absolute Gasteiger partial charge is 0 e. The molecule has 0 aliphatic heterocycles. The third-order valence-electron chi connectivity index (χ3n) is 0.183. The van der Waals surface area contributed by atoms with Gasteiger partial charge in [-0.3, -0.25) is 0 Å². The van der Waals surface area contributed by atoms with Crippen LogP contribution in [-0.2, 0) is 29.1 Å². The molecule has 0 amide bonds. The standard InChI is InChI=1S/C2H2O4.Ca.Zn.2H/c3-1(4)2(5)6;;;;/h(H,3,4)(H,5,6);;;;. The molecule has 6 heteroatoms. The molecule has 0 atom stereocenters. The molecule has 0 aromatic rings. The zero-order valence-electron chi connectivity index (χ0n) is 3.42. The van der Waals surface area contributed by atoms with Crippen molar-refractivity contribution in [1.82, 2.24) is 0 Å². The summed E-state index contributed by atoms with van der Waals surface area (Å²) >= 11 is 0. The fraction of sp³-hybridized carbons (Fsp3) is 0. The van der Waals surface area contributed by atoms with Gasteiger partial charge in [0, 0.05) is 19.5 Å². The zero-order valence-corrected chi connectivity index (χ0v) is 6.39. The maximum absolute atomic E-state index is 9.10. The molecule has 0 radical (unpaired) electrons. The van der Waals surface area contributed by atoms with Crippen molar-refractivity contribution >= 4 is 49.7 Å². The van der Waals surface area contributed by atoms with E-state index in [9.17, 15) is 0 Å². The summed E-state index contributed by atoms with van der Waals surface area (Å²) < 4.78 is 0. The Bertz CT molecular complexity index is 80.0. The minimum Gasteiger partial charge on any atom is 0 e. The molecule has 0 aromatic heterocycles. The number of rotatable bonds is 0. The SMILES string of the molecule is O=C(O)C(=O)O.[CaH2].[Zn]. The van der Waals surface area contributed by atoms with E-state index in [4.69, 9.17) is 19.8 Å². The number of carboxylic acid groups (broad SMARTS) is 2. The van der Waals surface area contributed by atoms with Gasteiger partial charge in [-0.1, -0.05) is 0 Å². The molecular formula is C2H4CaO4Zn. The summed E-state index contributed by atoms with van der Waals surface area (Å²) in [5, 5.41) is 14.8. The van der Waals surface area contributed by atoms with Crippen LogP contribution in [0.5, 0.6) is 0 Å². The number of carbonyl (C=O) groups is 2. The molecule has 0 heterocycles. The fourth-order valence-electron chi connectivity index (χ4n) is 0. The monoisotopic (exact) mass is 196 g/mol. The van der Waals surface area contributed by atoms with Gasteiger partial charge in [0.15, 0.2) is 0 Å². The molecule has 0 aliphatic carbocycles. The van der Waals surface area contributed by atoms with Crippen LogP contribution in [0, 0.1) is 0 Å². The van der Waals surface area contributed by atoms with E-state index in [1.54, 1.807) is 0 Å². The summed E-state index contributed by atoms with van der Waals surface area (Å²) in [6, 6.07) is 0. The van der Waals surface area contributed by atoms with E-state index in [0.717, 1.165) is 0 Å². The van der Waals surface area contributed by atoms with E-state index in [-0.39, 0.29) is 57.2 Å². The molecule has 8 heavy (non-hydrogen) atoms. The number of hydrogen-bond acceptors (Lipinski definition) is 2. The summed E-state index contributed by atoms with van der Waals surface area (Å²) in [6.45, 7) is 0. The van der Waals surface area contributed by atoms with Crippen LogP contribution in [0.3, 0.4) is 0 Å². The van der Waals surface area contributed by atoms with Crippen molar-refractivity contribution in [3.05, 3.63) is 0 Å². The Morgan fingerprint density at radius 3 is 1.12 bits per heavy atom. The molecule has 0 fully saturated rings. The fourth-order valence-corrected chi connectivity index (χ4v) is 0. The Morgan fingerprint density at radius 2 is 1.12 bits per heavy atom. The van der Waals surface area contributed by atoms with Gasteiger partial charge in [0.1, 0.15) is 0 Å². The van der Waals surface area contributed by atoms with E-state index < -0.39 is 11.9 Å². The van der Waals surface area contributed by atoms with Crippen molar-refractivity contribution in [2.24, 2.45) is 0 Å². The quantitative estimate of drug-likeness (QED) is 0.356. The van der Waals surface area contributed by atoms with Crippen molar-refractivity contribution in [3.63, 3.8) is 0 Å². The average molecular weight is 198 g/mol. The van der Waals surface area contributed by atoms with E-state index in [2.05, 4.69) is 0 Å². The smallest absolute Gasteiger partial charge is 0 e. The molecule has 4 nitrogen and oxygen atoms in total. The van der Waals surface area contributed by atoms with Gasteiger partial charge in [-0.25, -0.2) is 9.59 Å². The van der Waals surface area contributed by atoms with Crippen molar-refractivity contribution in [3.8, 4) is 0 Å². The Hall–Kier alpha value is 0.823. The number of hydrogen-bond donors (Lipinski definition) is 2. The van der Waals surface area contributed by atoms with Gasteiger partial charge in [0.05, 0.1) is 0 Å². The maximum Gasteiger partial charge on any atom is 0 e. The van der Waals surface area contributed by atoms with Crippen LogP contribution in [0.1, 0.15) is 0 Å². The Morgan fingerprint density at radius 1 is 1.00 bits per heavy atom. The first-order valence-electron chi connectivity index (χ1n) is 1.11. The van der Waals surface area contributed by atoms with Crippen molar-refractivity contribution in [1.29, 1.82) is 0 Å². The van der Waals surface area contributed by atoms with Gasteiger partial charge >= 0.3 is 49.7 Å². The van der Waals surface area contributed by atoms with Gasteiger partial charge in [0.2, 0.25) is 0 Å². The number of carboxylic acids is 2. The maximum atomic E-state index is 9.10. The number of aliphatic carboxylic acids is 2. The summed E-state index contributed by atoms with van der Waals surface area (Å²) in [6.07, 6.45) is 0. The summed E-state index contributed by atoms with van der Waals surface area (Å²) in [5.41, 5.74) is 0. The molecule has 0 bridgehead atoms. The second-order valence-corrected chi connectivity index (χ2v) is 0.610. The van der Waals surface area contributed by atoms with Gasteiger partial charge in [0.25, 0.3) is 0 Å². The molecule has 40 valence electrons. The Kier molecular flexibility index (Phi) is 15.6. The second-order valence-electron chi connectivity index (χ2n) is 0.610. The van der Waals surface area contributed by atoms with E-state index in [0.29, 0.717) is 0 Å². The summed E-state index contributed by atoms with van der Waals surface area (Å²) in [5.74, 6) is -3.65. The molecule has 0 rings (SSSR count). The molecule has 2 N–H and O–H groups in total. The van der Waals surface area contributed by atoms with Gasteiger partial charge in [-0.15, -0.1) is 0 Å². The summed E-state index contributed by atoms with van der Waals surface area (Å²) in [4.78, 5) is 18.2. The Balaban J connectivity index is -0.000000125. The molecule has 0 spiro atoms. The molecule has 0 aliphatic rings. The minimum absolute atomic E-state index is 0. The first kappa shape index (κ1) is 15.9. The van der Waals surface area contributed by atoms with Crippen molar-refractivity contribution in [2.75, 3.05) is 0 Å². The summed E-state index contributed by atoms with van der Waals surface area (Å²) in [7, 11) is 0. The molecule has 0 aromatic carbocycles. The van der Waals surface area contributed by atoms with E-state index in [1.165, 1.54) is 0 Å². The van der Waals surface area contributed by atoms with Gasteiger partial charge in [-0.05, 0) is 0 Å². The third kappa shape index (κ3) is 9.95. The molecule has 0 saturated carbocycles. The second kappa shape index (κ2) is 7.82.